The number of carbonyl (C=O) groups excluding carboxylic acids is 2. The van der Waals surface area contributed by atoms with Gasteiger partial charge in [0.2, 0.25) is 10.0 Å². The predicted octanol–water partition coefficient (Wildman–Crippen LogP) is 3.67. The van der Waals surface area contributed by atoms with Crippen molar-refractivity contribution in [3.63, 3.8) is 0 Å². The summed E-state index contributed by atoms with van der Waals surface area (Å²) in [7, 11) is -3.65. The SMILES string of the molecule is C[C@@H]1C[C@@H](C)CN(S(=O)(=O)c2ccc(C(=O)OCC(=O)Nc3ccc(C#N)c(Cl)c3)cc2)C1. The molecule has 2 aromatic carbocycles. The maximum absolute atomic E-state index is 12.9. The normalized spacial score (nSPS) is 18.8. The van der Waals surface area contributed by atoms with Crippen molar-refractivity contribution in [1.29, 1.82) is 5.26 Å². The summed E-state index contributed by atoms with van der Waals surface area (Å²) in [5.41, 5.74) is 0.760. The third kappa shape index (κ3) is 6.11. The first-order valence-corrected chi connectivity index (χ1v) is 12.2. The molecule has 1 fully saturated rings. The molecule has 1 N–H and O–H groups in total. The highest BCUT2D eigenvalue weighted by atomic mass is 35.5. The summed E-state index contributed by atoms with van der Waals surface area (Å²) in [6.45, 7) is 4.46. The molecule has 0 aromatic heterocycles. The number of carbonyl (C=O) groups is 2. The highest BCUT2D eigenvalue weighted by Gasteiger charge is 2.31. The first-order chi connectivity index (χ1) is 15.6. The fourth-order valence-corrected chi connectivity index (χ4v) is 5.71. The first kappa shape index (κ1) is 24.7. The Balaban J connectivity index is 1.58. The topological polar surface area (TPSA) is 117 Å². The Hall–Kier alpha value is -2.93. The van der Waals surface area contributed by atoms with E-state index in [0.29, 0.717) is 18.8 Å². The number of sulfonamides is 1. The van der Waals surface area contributed by atoms with Crippen molar-refractivity contribution < 1.29 is 22.7 Å². The molecule has 174 valence electrons. The number of amides is 1. The zero-order valence-electron chi connectivity index (χ0n) is 18.2. The Morgan fingerprint density at radius 1 is 1.15 bits per heavy atom. The van der Waals surface area contributed by atoms with E-state index >= 15 is 0 Å². The van der Waals surface area contributed by atoms with Crippen molar-refractivity contribution in [3.8, 4) is 6.07 Å². The van der Waals surface area contributed by atoms with E-state index in [1.165, 1.54) is 46.8 Å². The van der Waals surface area contributed by atoms with Gasteiger partial charge in [-0.2, -0.15) is 9.57 Å². The number of hydrogen-bond donors (Lipinski definition) is 1. The second-order valence-corrected chi connectivity index (χ2v) is 10.6. The van der Waals surface area contributed by atoms with E-state index in [4.69, 9.17) is 21.6 Å². The molecule has 8 nitrogen and oxygen atoms in total. The van der Waals surface area contributed by atoms with Crippen LogP contribution in [0, 0.1) is 23.2 Å². The third-order valence-electron chi connectivity index (χ3n) is 5.27. The molecule has 0 radical (unpaired) electrons. The Labute approximate surface area is 198 Å². The van der Waals surface area contributed by atoms with Crippen LogP contribution in [0.25, 0.3) is 0 Å². The molecule has 1 saturated heterocycles. The lowest BCUT2D eigenvalue weighted by Gasteiger charge is -2.34. The monoisotopic (exact) mass is 489 g/mol. The van der Waals surface area contributed by atoms with Crippen LogP contribution >= 0.6 is 11.6 Å². The molecule has 0 aliphatic carbocycles. The van der Waals surface area contributed by atoms with E-state index in [1.807, 2.05) is 19.9 Å². The van der Waals surface area contributed by atoms with Crippen molar-refractivity contribution in [2.75, 3.05) is 25.0 Å². The summed E-state index contributed by atoms with van der Waals surface area (Å²) >= 11 is 5.92. The minimum Gasteiger partial charge on any atom is -0.452 e. The van der Waals surface area contributed by atoms with Gasteiger partial charge in [-0.05, 0) is 60.7 Å². The van der Waals surface area contributed by atoms with Gasteiger partial charge in [0.05, 0.1) is 21.0 Å². The standard InChI is InChI=1S/C23H24ClN3O5S/c1-15-9-16(2)13-27(12-15)33(30,31)20-7-4-17(5-8-20)23(29)32-14-22(28)26-19-6-3-18(11-25)21(24)10-19/h3-8,10,15-16H,9,12-14H2,1-2H3,(H,26,28)/t15-,16-/m1/s1. The Kier molecular flexibility index (Phi) is 7.74. The summed E-state index contributed by atoms with van der Waals surface area (Å²) in [6, 6.07) is 11.8. The maximum atomic E-state index is 12.9. The molecule has 0 bridgehead atoms. The van der Waals surface area contributed by atoms with Crippen molar-refractivity contribution in [1.82, 2.24) is 4.31 Å². The summed E-state index contributed by atoms with van der Waals surface area (Å²) in [4.78, 5) is 24.4. The van der Waals surface area contributed by atoms with Crippen LogP contribution in [0.1, 0.15) is 36.2 Å². The van der Waals surface area contributed by atoms with Crippen LogP contribution in [0.4, 0.5) is 5.69 Å². The average molecular weight is 490 g/mol. The van der Waals surface area contributed by atoms with Gasteiger partial charge in [0.15, 0.2) is 6.61 Å². The van der Waals surface area contributed by atoms with E-state index in [1.54, 1.807) is 0 Å². The molecule has 2 aromatic rings. The van der Waals surface area contributed by atoms with Gasteiger partial charge in [0.25, 0.3) is 5.91 Å². The van der Waals surface area contributed by atoms with E-state index in [0.717, 1.165) is 6.42 Å². The molecule has 1 aliphatic rings. The molecule has 1 amide bonds. The van der Waals surface area contributed by atoms with E-state index in [9.17, 15) is 18.0 Å². The lowest BCUT2D eigenvalue weighted by atomic mass is 9.94. The number of hydrogen-bond acceptors (Lipinski definition) is 6. The number of anilines is 1. The summed E-state index contributed by atoms with van der Waals surface area (Å²) in [5.74, 6) is -0.780. The van der Waals surface area contributed by atoms with Crippen LogP contribution in [-0.2, 0) is 19.6 Å². The second-order valence-electron chi connectivity index (χ2n) is 8.22. The summed E-state index contributed by atoms with van der Waals surface area (Å²) < 4.78 is 32.4. The highest BCUT2D eigenvalue weighted by Crippen LogP contribution is 2.27. The molecule has 1 heterocycles. The highest BCUT2D eigenvalue weighted by molar-refractivity contribution is 7.89. The number of esters is 1. The van der Waals surface area contributed by atoms with Crippen LogP contribution in [0.15, 0.2) is 47.4 Å². The third-order valence-corrected chi connectivity index (χ3v) is 7.43. The van der Waals surface area contributed by atoms with Gasteiger partial charge in [0.1, 0.15) is 6.07 Å². The van der Waals surface area contributed by atoms with E-state index in [2.05, 4.69) is 5.32 Å². The van der Waals surface area contributed by atoms with Gasteiger partial charge in [-0.3, -0.25) is 4.79 Å². The fraction of sp³-hybridized carbons (Fsp3) is 0.348. The number of nitrogens with zero attached hydrogens (tertiary/aromatic N) is 2. The van der Waals surface area contributed by atoms with Crippen molar-refractivity contribution in [3.05, 3.63) is 58.6 Å². The minimum atomic E-state index is -3.65. The van der Waals surface area contributed by atoms with Gasteiger partial charge >= 0.3 is 5.97 Å². The smallest absolute Gasteiger partial charge is 0.338 e. The van der Waals surface area contributed by atoms with Crippen molar-refractivity contribution >= 4 is 39.2 Å². The molecule has 2 atom stereocenters. The van der Waals surface area contributed by atoms with Gasteiger partial charge in [-0.25, -0.2) is 13.2 Å². The fourth-order valence-electron chi connectivity index (χ4n) is 3.81. The molecule has 0 unspecified atom stereocenters. The molecule has 3 rings (SSSR count). The molecular weight excluding hydrogens is 466 g/mol. The van der Waals surface area contributed by atoms with Crippen molar-refractivity contribution in [2.45, 2.75) is 25.2 Å². The lowest BCUT2D eigenvalue weighted by molar-refractivity contribution is -0.119. The zero-order chi connectivity index (χ0) is 24.2. The first-order valence-electron chi connectivity index (χ1n) is 10.4. The molecular formula is C23H24ClN3O5S. The van der Waals surface area contributed by atoms with Crippen LogP contribution in [0.5, 0.6) is 0 Å². The van der Waals surface area contributed by atoms with Crippen LogP contribution in [0.2, 0.25) is 5.02 Å². The lowest BCUT2D eigenvalue weighted by Crippen LogP contribution is -2.42. The Bertz CT molecular complexity index is 1180. The van der Waals surface area contributed by atoms with Crippen molar-refractivity contribution in [2.24, 2.45) is 11.8 Å². The minimum absolute atomic E-state index is 0.107. The average Bonchev–Trinajstić information content (AvgIpc) is 2.77. The molecule has 1 aliphatic heterocycles. The zero-order valence-corrected chi connectivity index (χ0v) is 19.8. The molecule has 10 heteroatoms. The van der Waals surface area contributed by atoms with E-state index in [-0.39, 0.29) is 32.9 Å². The van der Waals surface area contributed by atoms with Crippen LogP contribution in [-0.4, -0.2) is 44.3 Å². The number of rotatable bonds is 6. The number of nitriles is 1. The maximum Gasteiger partial charge on any atom is 0.338 e. The molecule has 0 spiro atoms. The molecule has 33 heavy (non-hydrogen) atoms. The van der Waals surface area contributed by atoms with Crippen LogP contribution in [0.3, 0.4) is 0 Å². The quantitative estimate of drug-likeness (QED) is 0.619. The largest absolute Gasteiger partial charge is 0.452 e. The second kappa shape index (κ2) is 10.3. The summed E-state index contributed by atoms with van der Waals surface area (Å²) in [5, 5.41) is 11.6. The number of benzene rings is 2. The van der Waals surface area contributed by atoms with Crippen LogP contribution < -0.4 is 5.32 Å². The Morgan fingerprint density at radius 3 is 2.36 bits per heavy atom. The van der Waals surface area contributed by atoms with Gasteiger partial charge in [-0.15, -0.1) is 0 Å². The molecule has 0 saturated carbocycles. The predicted molar refractivity (Wildman–Crippen MR) is 123 cm³/mol. The van der Waals surface area contributed by atoms with Gasteiger partial charge in [-0.1, -0.05) is 25.4 Å². The number of piperidine rings is 1. The summed E-state index contributed by atoms with van der Waals surface area (Å²) in [6.07, 6.45) is 0.989. The van der Waals surface area contributed by atoms with Gasteiger partial charge < -0.3 is 10.1 Å². The Morgan fingerprint density at radius 2 is 1.79 bits per heavy atom. The number of ether oxygens (including phenoxy) is 1. The number of halogens is 1. The van der Waals surface area contributed by atoms with E-state index < -0.39 is 28.5 Å². The van der Waals surface area contributed by atoms with Gasteiger partial charge in [0, 0.05) is 18.8 Å². The number of nitrogens with one attached hydrogen (secondary N) is 1.